The van der Waals surface area contributed by atoms with Gasteiger partial charge in [0.05, 0.1) is 11.3 Å². The van der Waals surface area contributed by atoms with Gasteiger partial charge in [-0.15, -0.1) is 0 Å². The molecule has 1 aliphatic carbocycles. The number of nitrogens with zero attached hydrogens (tertiary/aromatic N) is 1. The van der Waals surface area contributed by atoms with Crippen molar-refractivity contribution in [2.45, 2.75) is 45.1 Å². The summed E-state index contributed by atoms with van der Waals surface area (Å²) < 4.78 is 18.6. The lowest BCUT2D eigenvalue weighted by molar-refractivity contribution is 0.0950. The molecule has 0 atom stereocenters. The molecule has 0 aliphatic heterocycles. The first-order valence-corrected chi connectivity index (χ1v) is 9.32. The average molecular weight is 356 g/mol. The van der Waals surface area contributed by atoms with Gasteiger partial charge in [-0.1, -0.05) is 38.2 Å². The highest BCUT2D eigenvalue weighted by Gasteiger charge is 2.13. The topological polar surface area (TPSA) is 51.2 Å². The Bertz CT molecular complexity index is 712. The molecule has 1 amide bonds. The lowest BCUT2D eigenvalue weighted by atomic mass is 9.87. The van der Waals surface area contributed by atoms with E-state index in [0.717, 1.165) is 12.3 Å². The predicted molar refractivity (Wildman–Crippen MR) is 98.5 cm³/mol. The molecular weight excluding hydrogens is 331 g/mol. The van der Waals surface area contributed by atoms with Crippen LogP contribution >= 0.6 is 0 Å². The molecule has 0 radical (unpaired) electrons. The van der Waals surface area contributed by atoms with Gasteiger partial charge in [0, 0.05) is 18.8 Å². The van der Waals surface area contributed by atoms with Gasteiger partial charge in [0.2, 0.25) is 0 Å². The molecule has 2 aromatic rings. The predicted octanol–water partition coefficient (Wildman–Crippen LogP) is 4.50. The maximum Gasteiger partial charge on any atom is 0.252 e. The zero-order chi connectivity index (χ0) is 18.2. The molecule has 3 rings (SSSR count). The van der Waals surface area contributed by atoms with Crippen molar-refractivity contribution in [2.75, 3.05) is 6.54 Å². The second kappa shape index (κ2) is 9.32. The second-order valence-electron chi connectivity index (χ2n) is 6.83. The highest BCUT2D eigenvalue weighted by molar-refractivity contribution is 5.93. The van der Waals surface area contributed by atoms with Crippen LogP contribution < -0.4 is 10.1 Å². The fraction of sp³-hybridized carbons (Fsp3) is 0.429. The molecule has 0 unspecified atom stereocenters. The quantitative estimate of drug-likeness (QED) is 0.795. The van der Waals surface area contributed by atoms with Gasteiger partial charge in [0.25, 0.3) is 5.91 Å². The maximum absolute atomic E-state index is 13.1. The highest BCUT2D eigenvalue weighted by atomic mass is 19.1. The van der Waals surface area contributed by atoms with Gasteiger partial charge in [0.15, 0.2) is 0 Å². The summed E-state index contributed by atoms with van der Waals surface area (Å²) in [4.78, 5) is 16.4. The number of hydrogen-bond acceptors (Lipinski definition) is 3. The van der Waals surface area contributed by atoms with Crippen LogP contribution in [0.2, 0.25) is 0 Å². The molecule has 1 fully saturated rings. The molecule has 0 spiro atoms. The number of hydrogen-bond donors (Lipinski definition) is 1. The lowest BCUT2D eigenvalue weighted by Gasteiger charge is -2.21. The van der Waals surface area contributed by atoms with Crippen LogP contribution in [0.25, 0.3) is 0 Å². The van der Waals surface area contributed by atoms with Gasteiger partial charge >= 0.3 is 0 Å². The van der Waals surface area contributed by atoms with Crippen molar-refractivity contribution >= 4 is 5.91 Å². The van der Waals surface area contributed by atoms with E-state index in [9.17, 15) is 9.18 Å². The molecule has 5 heteroatoms. The molecule has 1 saturated carbocycles. The number of halogens is 1. The van der Waals surface area contributed by atoms with Crippen LogP contribution in [0.3, 0.4) is 0 Å². The van der Waals surface area contributed by atoms with Crippen LogP contribution in [0.4, 0.5) is 4.39 Å². The van der Waals surface area contributed by atoms with E-state index in [1.165, 1.54) is 44.2 Å². The third-order valence-corrected chi connectivity index (χ3v) is 4.83. The number of benzene rings is 1. The van der Waals surface area contributed by atoms with E-state index in [4.69, 9.17) is 4.74 Å². The Kier molecular flexibility index (Phi) is 6.58. The van der Waals surface area contributed by atoms with Crippen LogP contribution in [0.1, 0.15) is 54.6 Å². The summed E-state index contributed by atoms with van der Waals surface area (Å²) in [5, 5.41) is 2.98. The summed E-state index contributed by atoms with van der Waals surface area (Å²) in [5.74, 6) is 0.780. The van der Waals surface area contributed by atoms with Crippen molar-refractivity contribution < 1.29 is 13.9 Å². The normalized spacial score (nSPS) is 14.8. The van der Waals surface area contributed by atoms with Crippen molar-refractivity contribution in [3.63, 3.8) is 0 Å². The Morgan fingerprint density at radius 2 is 2.04 bits per heavy atom. The molecule has 1 heterocycles. The monoisotopic (exact) mass is 356 g/mol. The van der Waals surface area contributed by atoms with Crippen LogP contribution in [-0.4, -0.2) is 17.4 Å². The number of nitrogens with one attached hydrogen (secondary N) is 1. The van der Waals surface area contributed by atoms with Crippen molar-refractivity contribution in [1.29, 1.82) is 0 Å². The smallest absolute Gasteiger partial charge is 0.252 e. The number of carbonyl (C=O) groups excluding carboxylic acids is 1. The van der Waals surface area contributed by atoms with E-state index in [2.05, 4.69) is 10.3 Å². The van der Waals surface area contributed by atoms with Crippen LogP contribution in [0.5, 0.6) is 5.75 Å². The summed E-state index contributed by atoms with van der Waals surface area (Å²) in [6.45, 7) is 0.945. The molecule has 1 aromatic heterocycles. The average Bonchev–Trinajstić information content (AvgIpc) is 2.68. The van der Waals surface area contributed by atoms with Crippen molar-refractivity contribution in [1.82, 2.24) is 10.3 Å². The number of rotatable bonds is 7. The Balaban J connectivity index is 1.43. The summed E-state index contributed by atoms with van der Waals surface area (Å²) >= 11 is 0. The largest absolute Gasteiger partial charge is 0.487 e. The van der Waals surface area contributed by atoms with Gasteiger partial charge in [-0.25, -0.2) is 4.39 Å². The fourth-order valence-electron chi connectivity index (χ4n) is 3.33. The molecule has 1 aromatic carbocycles. The van der Waals surface area contributed by atoms with E-state index >= 15 is 0 Å². The molecule has 0 saturated heterocycles. The second-order valence-corrected chi connectivity index (χ2v) is 6.83. The van der Waals surface area contributed by atoms with E-state index in [1.807, 2.05) is 0 Å². The molecule has 4 nitrogen and oxygen atoms in total. The van der Waals surface area contributed by atoms with Gasteiger partial charge in [-0.3, -0.25) is 9.78 Å². The minimum absolute atomic E-state index is 0.0918. The van der Waals surface area contributed by atoms with Crippen molar-refractivity contribution in [2.24, 2.45) is 5.92 Å². The van der Waals surface area contributed by atoms with E-state index in [0.29, 0.717) is 23.6 Å². The first-order chi connectivity index (χ1) is 12.7. The van der Waals surface area contributed by atoms with Crippen LogP contribution in [-0.2, 0) is 6.61 Å². The number of carbonyl (C=O) groups is 1. The van der Waals surface area contributed by atoms with Gasteiger partial charge < -0.3 is 10.1 Å². The van der Waals surface area contributed by atoms with E-state index in [-0.39, 0.29) is 18.3 Å². The number of aromatic nitrogens is 1. The standard InChI is InChI=1S/C21H25FN2O2/c22-18-7-4-8-20(13-18)26-15-19-10-9-17(14-24-19)21(25)23-12-11-16-5-2-1-3-6-16/h4,7-10,13-14,16H,1-3,5-6,11-12,15H2,(H,23,25). The van der Waals surface area contributed by atoms with Gasteiger partial charge in [0.1, 0.15) is 18.2 Å². The zero-order valence-electron chi connectivity index (χ0n) is 14.9. The summed E-state index contributed by atoms with van der Waals surface area (Å²) in [5.41, 5.74) is 1.23. The third kappa shape index (κ3) is 5.55. The lowest BCUT2D eigenvalue weighted by Crippen LogP contribution is -2.26. The van der Waals surface area contributed by atoms with Crippen molar-refractivity contribution in [3.8, 4) is 5.75 Å². The van der Waals surface area contributed by atoms with Gasteiger partial charge in [-0.2, -0.15) is 0 Å². The SMILES string of the molecule is O=C(NCCC1CCCCC1)c1ccc(COc2cccc(F)c2)nc1. The third-order valence-electron chi connectivity index (χ3n) is 4.83. The minimum atomic E-state index is -0.337. The zero-order valence-corrected chi connectivity index (χ0v) is 14.9. The van der Waals surface area contributed by atoms with Crippen molar-refractivity contribution in [3.05, 3.63) is 59.7 Å². The number of ether oxygens (including phenoxy) is 1. The molecule has 1 aliphatic rings. The fourth-order valence-corrected chi connectivity index (χ4v) is 3.33. The van der Waals surface area contributed by atoms with Crippen LogP contribution in [0.15, 0.2) is 42.6 Å². The Morgan fingerprint density at radius 1 is 1.19 bits per heavy atom. The number of pyridine rings is 1. The molecule has 1 N–H and O–H groups in total. The molecule has 26 heavy (non-hydrogen) atoms. The molecule has 138 valence electrons. The molecular formula is C21H25FN2O2. The summed E-state index contributed by atoms with van der Waals surface area (Å²) in [6, 6.07) is 9.49. The first kappa shape index (κ1) is 18.4. The van der Waals surface area contributed by atoms with E-state index in [1.54, 1.807) is 30.5 Å². The molecule has 0 bridgehead atoms. The summed E-state index contributed by atoms with van der Waals surface area (Å²) in [6.07, 6.45) is 9.18. The Hall–Kier alpha value is -2.43. The Labute approximate surface area is 153 Å². The minimum Gasteiger partial charge on any atom is -0.487 e. The summed E-state index contributed by atoms with van der Waals surface area (Å²) in [7, 11) is 0. The van der Waals surface area contributed by atoms with E-state index < -0.39 is 0 Å². The maximum atomic E-state index is 13.1. The Morgan fingerprint density at radius 3 is 2.77 bits per heavy atom. The number of amides is 1. The van der Waals surface area contributed by atoms with Gasteiger partial charge in [-0.05, 0) is 36.6 Å². The van der Waals surface area contributed by atoms with Crippen LogP contribution in [0, 0.1) is 11.7 Å². The highest BCUT2D eigenvalue weighted by Crippen LogP contribution is 2.25. The first-order valence-electron chi connectivity index (χ1n) is 9.32.